The molecular weight excluding hydrogens is 412 g/mol. The highest BCUT2D eigenvalue weighted by atomic mass is 16.5. The Morgan fingerprint density at radius 2 is 1.88 bits per heavy atom. The first kappa shape index (κ1) is 23.1. The van der Waals surface area contributed by atoms with Gasteiger partial charge in [0.1, 0.15) is 6.61 Å². The van der Waals surface area contributed by atoms with Gasteiger partial charge in [-0.25, -0.2) is 4.79 Å². The lowest BCUT2D eigenvalue weighted by atomic mass is 10.2. The van der Waals surface area contributed by atoms with Crippen LogP contribution in [0, 0.1) is 0 Å². The number of carbonyl (C=O) groups excluding carboxylic acids is 2. The van der Waals surface area contributed by atoms with Crippen molar-refractivity contribution >= 4 is 18.1 Å². The molecule has 2 amide bonds. The molecule has 1 N–H and O–H groups in total. The maximum Gasteiger partial charge on any atom is 0.407 e. The number of carbonyl (C=O) groups is 2. The molecule has 1 fully saturated rings. The number of nitrogens with one attached hydrogen (secondary N) is 1. The maximum absolute atomic E-state index is 12.2. The molecule has 0 unspecified atom stereocenters. The Morgan fingerprint density at radius 3 is 2.62 bits per heavy atom. The van der Waals surface area contributed by atoms with Crippen LogP contribution >= 0.6 is 0 Å². The Balaban J connectivity index is 1.43. The quantitative estimate of drug-likeness (QED) is 0.645. The SMILES string of the molecule is COc1cc(C=CCNC(=O)OCc2ccccc2)ccc1OCC(=O)N1CCOCC1. The van der Waals surface area contributed by atoms with Gasteiger partial charge >= 0.3 is 6.09 Å². The molecule has 2 aromatic rings. The molecule has 3 rings (SSSR count). The van der Waals surface area contributed by atoms with Crippen LogP contribution in [0.25, 0.3) is 6.08 Å². The normalized spacial score (nSPS) is 13.6. The molecule has 0 saturated carbocycles. The predicted octanol–water partition coefficient (Wildman–Crippen LogP) is 2.87. The second-order valence-corrected chi connectivity index (χ2v) is 7.04. The molecular formula is C24H28N2O6. The topological polar surface area (TPSA) is 86.3 Å². The van der Waals surface area contributed by atoms with Crippen LogP contribution in [-0.2, 0) is 20.9 Å². The molecule has 2 aromatic carbocycles. The van der Waals surface area contributed by atoms with Gasteiger partial charge in [-0.15, -0.1) is 0 Å². The molecule has 8 heteroatoms. The zero-order valence-corrected chi connectivity index (χ0v) is 18.1. The Morgan fingerprint density at radius 1 is 1.09 bits per heavy atom. The van der Waals surface area contributed by atoms with Gasteiger partial charge < -0.3 is 29.2 Å². The third kappa shape index (κ3) is 7.31. The largest absolute Gasteiger partial charge is 0.493 e. The maximum atomic E-state index is 12.2. The summed E-state index contributed by atoms with van der Waals surface area (Å²) in [4.78, 5) is 25.7. The number of hydrogen-bond donors (Lipinski definition) is 1. The van der Waals surface area contributed by atoms with Crippen molar-refractivity contribution in [2.24, 2.45) is 0 Å². The van der Waals surface area contributed by atoms with Crippen molar-refractivity contribution in [3.05, 3.63) is 65.7 Å². The molecule has 1 saturated heterocycles. The fraction of sp³-hybridized carbons (Fsp3) is 0.333. The minimum absolute atomic E-state index is 0.0550. The first-order valence-electron chi connectivity index (χ1n) is 10.4. The van der Waals surface area contributed by atoms with Crippen LogP contribution in [0.2, 0.25) is 0 Å². The molecule has 32 heavy (non-hydrogen) atoms. The van der Waals surface area contributed by atoms with Gasteiger partial charge in [-0.05, 0) is 23.3 Å². The monoisotopic (exact) mass is 440 g/mol. The van der Waals surface area contributed by atoms with Crippen molar-refractivity contribution in [3.63, 3.8) is 0 Å². The van der Waals surface area contributed by atoms with Crippen LogP contribution in [0.3, 0.4) is 0 Å². The summed E-state index contributed by atoms with van der Waals surface area (Å²) in [6.45, 7) is 2.76. The van der Waals surface area contributed by atoms with E-state index in [1.54, 1.807) is 30.2 Å². The van der Waals surface area contributed by atoms with E-state index < -0.39 is 6.09 Å². The van der Waals surface area contributed by atoms with E-state index in [0.717, 1.165) is 11.1 Å². The highest BCUT2D eigenvalue weighted by molar-refractivity contribution is 5.78. The molecule has 170 valence electrons. The summed E-state index contributed by atoms with van der Waals surface area (Å²) in [5.74, 6) is 0.940. The highest BCUT2D eigenvalue weighted by Crippen LogP contribution is 2.28. The summed E-state index contributed by atoms with van der Waals surface area (Å²) in [6, 6.07) is 14.9. The Bertz CT molecular complexity index is 910. The first-order chi connectivity index (χ1) is 15.7. The molecule has 0 aliphatic carbocycles. The Labute approximate surface area is 187 Å². The fourth-order valence-corrected chi connectivity index (χ4v) is 3.06. The second kappa shape index (κ2) is 12.4. The van der Waals surface area contributed by atoms with Gasteiger partial charge in [-0.2, -0.15) is 0 Å². The van der Waals surface area contributed by atoms with E-state index in [4.69, 9.17) is 18.9 Å². The van der Waals surface area contributed by atoms with E-state index >= 15 is 0 Å². The van der Waals surface area contributed by atoms with Crippen molar-refractivity contribution in [1.29, 1.82) is 0 Å². The van der Waals surface area contributed by atoms with E-state index in [2.05, 4.69) is 5.32 Å². The van der Waals surface area contributed by atoms with E-state index in [0.29, 0.717) is 44.3 Å². The van der Waals surface area contributed by atoms with Gasteiger partial charge in [-0.1, -0.05) is 48.6 Å². The van der Waals surface area contributed by atoms with Gasteiger partial charge in [0.2, 0.25) is 0 Å². The molecule has 8 nitrogen and oxygen atoms in total. The summed E-state index contributed by atoms with van der Waals surface area (Å²) in [5, 5.41) is 2.67. The van der Waals surface area contributed by atoms with Gasteiger partial charge in [-0.3, -0.25) is 4.79 Å². The number of morpholine rings is 1. The summed E-state index contributed by atoms with van der Waals surface area (Å²) in [7, 11) is 1.55. The van der Waals surface area contributed by atoms with Gasteiger partial charge in [0, 0.05) is 19.6 Å². The molecule has 0 bridgehead atoms. The van der Waals surface area contributed by atoms with Crippen molar-refractivity contribution in [1.82, 2.24) is 10.2 Å². The fourth-order valence-electron chi connectivity index (χ4n) is 3.06. The average molecular weight is 440 g/mol. The van der Waals surface area contributed by atoms with Crippen LogP contribution in [0.15, 0.2) is 54.6 Å². The molecule has 1 heterocycles. The number of alkyl carbamates (subject to hydrolysis) is 1. The van der Waals surface area contributed by atoms with E-state index in [9.17, 15) is 9.59 Å². The number of amides is 2. The van der Waals surface area contributed by atoms with Crippen molar-refractivity contribution in [2.45, 2.75) is 6.61 Å². The number of nitrogens with zero attached hydrogens (tertiary/aromatic N) is 1. The predicted molar refractivity (Wildman–Crippen MR) is 120 cm³/mol. The van der Waals surface area contributed by atoms with Crippen molar-refractivity contribution in [3.8, 4) is 11.5 Å². The summed E-state index contributed by atoms with van der Waals surface area (Å²) in [6.07, 6.45) is 3.17. The van der Waals surface area contributed by atoms with Gasteiger partial charge in [0.05, 0.1) is 20.3 Å². The van der Waals surface area contributed by atoms with Crippen LogP contribution in [-0.4, -0.2) is 63.5 Å². The zero-order valence-electron chi connectivity index (χ0n) is 18.1. The van der Waals surface area contributed by atoms with Crippen LogP contribution < -0.4 is 14.8 Å². The number of ether oxygens (including phenoxy) is 4. The summed E-state index contributed by atoms with van der Waals surface area (Å²) in [5.41, 5.74) is 1.80. The van der Waals surface area contributed by atoms with E-state index in [1.807, 2.05) is 42.5 Å². The lowest BCUT2D eigenvalue weighted by Crippen LogP contribution is -2.43. The molecule has 0 spiro atoms. The van der Waals surface area contributed by atoms with Crippen LogP contribution in [0.1, 0.15) is 11.1 Å². The zero-order chi connectivity index (χ0) is 22.6. The highest BCUT2D eigenvalue weighted by Gasteiger charge is 2.18. The average Bonchev–Trinajstić information content (AvgIpc) is 2.85. The van der Waals surface area contributed by atoms with E-state index in [1.165, 1.54) is 0 Å². The molecule has 0 radical (unpaired) electrons. The standard InChI is InChI=1S/C24H28N2O6/c1-29-22-16-19(8-5-11-25-24(28)32-17-20-6-3-2-4-7-20)9-10-21(22)31-18-23(27)26-12-14-30-15-13-26/h2-10,16H,11-15,17-18H2,1H3,(H,25,28). The van der Waals surface area contributed by atoms with Gasteiger partial charge in [0.15, 0.2) is 18.1 Å². The summed E-state index contributed by atoms with van der Waals surface area (Å²) < 4.78 is 21.5. The number of benzene rings is 2. The first-order valence-corrected chi connectivity index (χ1v) is 10.4. The minimum atomic E-state index is -0.482. The smallest absolute Gasteiger partial charge is 0.407 e. The number of methoxy groups -OCH3 is 1. The van der Waals surface area contributed by atoms with Crippen LogP contribution in [0.5, 0.6) is 11.5 Å². The Hall–Kier alpha value is -3.52. The molecule has 0 aromatic heterocycles. The molecule has 1 aliphatic rings. The van der Waals surface area contributed by atoms with Crippen molar-refractivity contribution < 1.29 is 28.5 Å². The lowest BCUT2D eigenvalue weighted by Gasteiger charge is -2.26. The molecule has 1 aliphatic heterocycles. The summed E-state index contributed by atoms with van der Waals surface area (Å²) >= 11 is 0. The third-order valence-electron chi connectivity index (χ3n) is 4.79. The Kier molecular flexibility index (Phi) is 8.94. The third-order valence-corrected chi connectivity index (χ3v) is 4.79. The van der Waals surface area contributed by atoms with E-state index in [-0.39, 0.29) is 19.1 Å². The second-order valence-electron chi connectivity index (χ2n) is 7.04. The lowest BCUT2D eigenvalue weighted by molar-refractivity contribution is -0.137. The minimum Gasteiger partial charge on any atom is -0.493 e. The van der Waals surface area contributed by atoms with Crippen molar-refractivity contribution in [2.75, 3.05) is 46.6 Å². The number of rotatable bonds is 9. The number of hydrogen-bond acceptors (Lipinski definition) is 6. The molecule has 0 atom stereocenters. The van der Waals surface area contributed by atoms with Gasteiger partial charge in [0.25, 0.3) is 5.91 Å². The van der Waals surface area contributed by atoms with Crippen LogP contribution in [0.4, 0.5) is 4.79 Å².